The highest BCUT2D eigenvalue weighted by Crippen LogP contribution is 2.69. The van der Waals surface area contributed by atoms with E-state index in [2.05, 4.69) is 32.7 Å². The molecule has 0 spiro atoms. The van der Waals surface area contributed by atoms with Crippen LogP contribution in [0.1, 0.15) is 91.4 Å². The molecule has 4 saturated carbocycles. The van der Waals surface area contributed by atoms with Crippen molar-refractivity contribution < 1.29 is 14.6 Å². The van der Waals surface area contributed by atoms with Gasteiger partial charge in [0.15, 0.2) is 5.88 Å². The molecule has 0 heterocycles. The van der Waals surface area contributed by atoms with E-state index in [1.54, 1.807) is 0 Å². The second-order valence-corrected chi connectivity index (χ2v) is 12.5. The molecule has 6 unspecified atom stereocenters. The molecule has 6 nitrogen and oxygen atoms in total. The van der Waals surface area contributed by atoms with Gasteiger partial charge in [-0.05, 0) is 98.9 Å². The number of nitrogens with one attached hydrogen (secondary N) is 1. The molecule has 0 aromatic heterocycles. The van der Waals surface area contributed by atoms with Crippen molar-refractivity contribution in [1.82, 2.24) is 5.32 Å². The molecule has 4 fully saturated rings. The van der Waals surface area contributed by atoms with Crippen LogP contribution in [0.5, 0.6) is 0 Å². The maximum absolute atomic E-state index is 10.7. The van der Waals surface area contributed by atoms with Crippen LogP contribution >= 0.6 is 0 Å². The molecule has 8 atom stereocenters. The number of fused-ring (bicyclic) bond motifs is 5. The molecule has 188 valence electrons. The standard InChI is InChI=1S/C27H47N3O3/c1-18-16-26(28)21-10-9-20(8-7-15-33-19(2)30-17-23(31)32)24(21,3)14-11-22(26)25(4)12-5-6-13-27(18,25)29/h18,20-22,30H,2,5-17,28-29H2,1,3-4H3,(H,31,32)/t18-,20?,21?,22+,24?,25?,26?,27?/m0/s1. The van der Waals surface area contributed by atoms with Crippen LogP contribution in [0.2, 0.25) is 0 Å². The van der Waals surface area contributed by atoms with Crippen LogP contribution in [0, 0.1) is 34.5 Å². The monoisotopic (exact) mass is 461 g/mol. The smallest absolute Gasteiger partial charge is 0.322 e. The highest BCUT2D eigenvalue weighted by Gasteiger charge is 2.69. The number of rotatable bonds is 8. The largest absolute Gasteiger partial charge is 0.480 e. The molecule has 4 rings (SSSR count). The van der Waals surface area contributed by atoms with E-state index in [4.69, 9.17) is 21.3 Å². The van der Waals surface area contributed by atoms with Gasteiger partial charge in [-0.3, -0.25) is 4.79 Å². The zero-order chi connectivity index (χ0) is 24.1. The van der Waals surface area contributed by atoms with Crippen molar-refractivity contribution >= 4 is 5.97 Å². The lowest BCUT2D eigenvalue weighted by atomic mass is 9.38. The van der Waals surface area contributed by atoms with Crippen LogP contribution in [-0.2, 0) is 9.53 Å². The van der Waals surface area contributed by atoms with Gasteiger partial charge < -0.3 is 26.6 Å². The van der Waals surface area contributed by atoms with E-state index in [0.29, 0.717) is 41.6 Å². The molecular weight excluding hydrogens is 414 g/mol. The van der Waals surface area contributed by atoms with Crippen LogP contribution in [0.15, 0.2) is 12.5 Å². The van der Waals surface area contributed by atoms with Gasteiger partial charge in [0, 0.05) is 11.1 Å². The summed E-state index contributed by atoms with van der Waals surface area (Å²) in [6, 6.07) is 0. The highest BCUT2D eigenvalue weighted by molar-refractivity contribution is 5.69. The summed E-state index contributed by atoms with van der Waals surface area (Å²) in [5.41, 5.74) is 15.1. The van der Waals surface area contributed by atoms with Gasteiger partial charge in [-0.2, -0.15) is 0 Å². The number of hydrogen-bond acceptors (Lipinski definition) is 5. The third-order valence-electron chi connectivity index (χ3n) is 11.1. The van der Waals surface area contributed by atoms with E-state index >= 15 is 0 Å². The number of carboxylic acids is 1. The molecule has 0 saturated heterocycles. The van der Waals surface area contributed by atoms with Gasteiger partial charge in [0.25, 0.3) is 0 Å². The Kier molecular flexibility index (Phi) is 6.58. The Bertz CT molecular complexity index is 774. The molecule has 0 aromatic rings. The minimum atomic E-state index is -0.915. The number of ether oxygens (including phenoxy) is 1. The molecular formula is C27H47N3O3. The van der Waals surface area contributed by atoms with E-state index in [0.717, 1.165) is 25.7 Å². The Morgan fingerprint density at radius 2 is 1.85 bits per heavy atom. The molecule has 0 amide bonds. The van der Waals surface area contributed by atoms with Crippen molar-refractivity contribution in [2.45, 2.75) is 102 Å². The van der Waals surface area contributed by atoms with Crippen LogP contribution in [0.3, 0.4) is 0 Å². The average molecular weight is 462 g/mol. The first-order valence-corrected chi connectivity index (χ1v) is 13.3. The van der Waals surface area contributed by atoms with Crippen LogP contribution in [-0.4, -0.2) is 35.3 Å². The molecule has 0 aromatic carbocycles. The molecule has 0 aliphatic heterocycles. The Labute approximate surface area is 200 Å². The Hall–Kier alpha value is -1.27. The highest BCUT2D eigenvalue weighted by atomic mass is 16.5. The van der Waals surface area contributed by atoms with Crippen molar-refractivity contribution in [1.29, 1.82) is 0 Å². The SMILES string of the molecule is C=C(NCC(=O)O)OCCCC1CCC2C1(C)CC[C@H]1C2(N)C[C@H](C)C2(N)CCCCC12C. The van der Waals surface area contributed by atoms with E-state index in [1.165, 1.54) is 44.9 Å². The Morgan fingerprint density at radius 3 is 2.58 bits per heavy atom. The quantitative estimate of drug-likeness (QED) is 0.315. The van der Waals surface area contributed by atoms with Crippen LogP contribution in [0.4, 0.5) is 0 Å². The van der Waals surface area contributed by atoms with E-state index in [-0.39, 0.29) is 23.0 Å². The maximum atomic E-state index is 10.7. The third-order valence-corrected chi connectivity index (χ3v) is 11.1. The number of aliphatic carboxylic acids is 1. The van der Waals surface area contributed by atoms with Gasteiger partial charge in [0.2, 0.25) is 0 Å². The first-order chi connectivity index (χ1) is 15.5. The normalized spacial score (nSPS) is 46.6. The van der Waals surface area contributed by atoms with Gasteiger partial charge >= 0.3 is 5.97 Å². The summed E-state index contributed by atoms with van der Waals surface area (Å²) in [7, 11) is 0. The minimum Gasteiger partial charge on any atom is -0.480 e. The van der Waals surface area contributed by atoms with Gasteiger partial charge in [-0.15, -0.1) is 0 Å². The van der Waals surface area contributed by atoms with Crippen molar-refractivity contribution in [3.05, 3.63) is 12.5 Å². The van der Waals surface area contributed by atoms with E-state index in [9.17, 15) is 4.79 Å². The molecule has 4 aliphatic carbocycles. The summed E-state index contributed by atoms with van der Waals surface area (Å²) in [5.74, 6) is 1.69. The summed E-state index contributed by atoms with van der Waals surface area (Å²) < 4.78 is 5.62. The lowest BCUT2D eigenvalue weighted by molar-refractivity contribution is -0.157. The third kappa shape index (κ3) is 3.89. The minimum absolute atomic E-state index is 0.0566. The van der Waals surface area contributed by atoms with E-state index < -0.39 is 5.97 Å². The Morgan fingerprint density at radius 1 is 1.12 bits per heavy atom. The molecule has 4 aliphatic rings. The molecule has 0 bridgehead atoms. The number of nitrogens with two attached hydrogens (primary N) is 2. The number of carboxylic acid groups (broad SMARTS) is 1. The predicted molar refractivity (Wildman–Crippen MR) is 131 cm³/mol. The zero-order valence-electron chi connectivity index (χ0n) is 21.1. The lowest BCUT2D eigenvalue weighted by Gasteiger charge is -2.70. The molecule has 6 heteroatoms. The first kappa shape index (κ1) is 24.8. The summed E-state index contributed by atoms with van der Waals surface area (Å²) in [6.45, 7) is 11.6. The van der Waals surface area contributed by atoms with Gasteiger partial charge in [0.1, 0.15) is 6.54 Å². The number of hydrogen-bond donors (Lipinski definition) is 4. The maximum Gasteiger partial charge on any atom is 0.322 e. The van der Waals surface area contributed by atoms with Gasteiger partial charge in [-0.1, -0.05) is 33.6 Å². The summed E-state index contributed by atoms with van der Waals surface area (Å²) in [6.07, 6.45) is 13.1. The molecule has 33 heavy (non-hydrogen) atoms. The van der Waals surface area contributed by atoms with Crippen molar-refractivity contribution in [2.75, 3.05) is 13.2 Å². The summed E-state index contributed by atoms with van der Waals surface area (Å²) in [4.78, 5) is 10.7. The first-order valence-electron chi connectivity index (χ1n) is 13.3. The van der Waals surface area contributed by atoms with Gasteiger partial charge in [0.05, 0.1) is 6.61 Å². The van der Waals surface area contributed by atoms with Crippen LogP contribution < -0.4 is 16.8 Å². The predicted octanol–water partition coefficient (Wildman–Crippen LogP) is 4.39. The van der Waals surface area contributed by atoms with Gasteiger partial charge in [-0.25, -0.2) is 0 Å². The molecule has 0 radical (unpaired) electrons. The topological polar surface area (TPSA) is 111 Å². The number of carbonyl (C=O) groups is 1. The van der Waals surface area contributed by atoms with Crippen LogP contribution in [0.25, 0.3) is 0 Å². The summed E-state index contributed by atoms with van der Waals surface area (Å²) >= 11 is 0. The van der Waals surface area contributed by atoms with Crippen molar-refractivity contribution in [3.8, 4) is 0 Å². The molecule has 6 N–H and O–H groups in total. The van der Waals surface area contributed by atoms with E-state index in [1.807, 2.05) is 0 Å². The van der Waals surface area contributed by atoms with Crippen molar-refractivity contribution in [3.63, 3.8) is 0 Å². The second kappa shape index (κ2) is 8.75. The zero-order valence-corrected chi connectivity index (χ0v) is 21.1. The fourth-order valence-electron chi connectivity index (χ4n) is 9.41. The summed E-state index contributed by atoms with van der Waals surface area (Å²) in [5, 5.41) is 11.4. The lowest BCUT2D eigenvalue weighted by Crippen LogP contribution is -2.76. The Balaban J connectivity index is 1.41. The second-order valence-electron chi connectivity index (χ2n) is 12.5. The fraction of sp³-hybridized carbons (Fsp3) is 0.889. The fourth-order valence-corrected chi connectivity index (χ4v) is 9.41. The average Bonchev–Trinajstić information content (AvgIpc) is 3.08. The van der Waals surface area contributed by atoms with Crippen molar-refractivity contribution in [2.24, 2.45) is 46.0 Å².